The molecule has 0 saturated heterocycles. The van der Waals surface area contributed by atoms with Gasteiger partial charge in [-0.3, -0.25) is 4.79 Å². The minimum Gasteiger partial charge on any atom is -0.309 e. The summed E-state index contributed by atoms with van der Waals surface area (Å²) in [5.74, 6) is -0.343. The maximum Gasteiger partial charge on any atom is 0.417 e. The molecular formula is C13H8ClF3N6OS. The third-order valence-electron chi connectivity index (χ3n) is 2.86. The number of thioether (sulfide) groups is 1. The van der Waals surface area contributed by atoms with Crippen molar-refractivity contribution in [2.75, 3.05) is 11.1 Å². The second kappa shape index (κ2) is 6.84. The third-order valence-corrected chi connectivity index (χ3v) is 3.98. The van der Waals surface area contributed by atoms with Gasteiger partial charge >= 0.3 is 6.18 Å². The van der Waals surface area contributed by atoms with Gasteiger partial charge in [0.2, 0.25) is 11.1 Å². The quantitative estimate of drug-likeness (QED) is 0.692. The second-order valence-electron chi connectivity index (χ2n) is 4.65. The van der Waals surface area contributed by atoms with Gasteiger partial charge in [-0.05, 0) is 12.1 Å². The topological polar surface area (TPSA) is 85.1 Å². The van der Waals surface area contributed by atoms with Crippen LogP contribution in [0.2, 0.25) is 5.02 Å². The molecule has 0 aliphatic rings. The van der Waals surface area contributed by atoms with Gasteiger partial charge in [0.25, 0.3) is 5.78 Å². The molecule has 0 aromatic carbocycles. The molecule has 1 amide bonds. The number of nitrogens with one attached hydrogen (secondary N) is 1. The van der Waals surface area contributed by atoms with Gasteiger partial charge in [-0.1, -0.05) is 23.4 Å². The average molecular weight is 389 g/mol. The predicted molar refractivity (Wildman–Crippen MR) is 84.4 cm³/mol. The molecule has 0 atom stereocenters. The highest BCUT2D eigenvalue weighted by Gasteiger charge is 2.31. The molecule has 1 N–H and O–H groups in total. The summed E-state index contributed by atoms with van der Waals surface area (Å²) in [6.45, 7) is 0. The summed E-state index contributed by atoms with van der Waals surface area (Å²) >= 11 is 6.77. The number of anilines is 1. The minimum absolute atomic E-state index is 0.0735. The van der Waals surface area contributed by atoms with Gasteiger partial charge in [-0.2, -0.15) is 18.2 Å². The highest BCUT2D eigenvalue weighted by molar-refractivity contribution is 7.99. The normalized spacial score (nSPS) is 11.7. The molecule has 3 rings (SSSR count). The van der Waals surface area contributed by atoms with Crippen LogP contribution in [0.25, 0.3) is 5.78 Å². The van der Waals surface area contributed by atoms with Crippen LogP contribution in [0, 0.1) is 0 Å². The van der Waals surface area contributed by atoms with Gasteiger partial charge in [0.1, 0.15) is 0 Å². The highest BCUT2D eigenvalue weighted by Crippen LogP contribution is 2.32. The van der Waals surface area contributed by atoms with Gasteiger partial charge in [0.05, 0.1) is 16.3 Å². The average Bonchev–Trinajstić information content (AvgIpc) is 2.97. The van der Waals surface area contributed by atoms with E-state index in [9.17, 15) is 18.0 Å². The monoisotopic (exact) mass is 388 g/mol. The van der Waals surface area contributed by atoms with E-state index >= 15 is 0 Å². The van der Waals surface area contributed by atoms with Gasteiger partial charge < -0.3 is 5.32 Å². The van der Waals surface area contributed by atoms with E-state index in [2.05, 4.69) is 25.4 Å². The van der Waals surface area contributed by atoms with Crippen LogP contribution in [-0.2, 0) is 11.0 Å². The van der Waals surface area contributed by atoms with Crippen molar-refractivity contribution < 1.29 is 18.0 Å². The van der Waals surface area contributed by atoms with E-state index in [0.717, 1.165) is 11.8 Å². The Kier molecular flexibility index (Phi) is 4.77. The lowest BCUT2D eigenvalue weighted by molar-refractivity contribution is -0.137. The number of carbonyl (C=O) groups excluding carboxylic acids is 1. The van der Waals surface area contributed by atoms with Crippen molar-refractivity contribution in [1.82, 2.24) is 24.6 Å². The molecular weight excluding hydrogens is 381 g/mol. The maximum atomic E-state index is 12.5. The molecule has 0 aliphatic carbocycles. The van der Waals surface area contributed by atoms with Crippen molar-refractivity contribution in [3.63, 3.8) is 0 Å². The van der Waals surface area contributed by atoms with Crippen LogP contribution in [0.15, 0.2) is 35.9 Å². The number of hydrogen-bond donors (Lipinski definition) is 1. The van der Waals surface area contributed by atoms with Crippen molar-refractivity contribution in [3.8, 4) is 0 Å². The van der Waals surface area contributed by atoms with Gasteiger partial charge in [-0.25, -0.2) is 14.5 Å². The van der Waals surface area contributed by atoms with Crippen molar-refractivity contribution in [3.05, 3.63) is 41.3 Å². The molecule has 3 aromatic rings. The predicted octanol–water partition coefficient (Wildman–Crippen LogP) is 2.92. The number of nitrogens with zero attached hydrogens (tertiary/aromatic N) is 5. The number of fused-ring (bicyclic) bond motifs is 1. The lowest BCUT2D eigenvalue weighted by atomic mass is 10.3. The summed E-state index contributed by atoms with van der Waals surface area (Å²) in [6.07, 6.45) is -0.739. The van der Waals surface area contributed by atoms with Gasteiger partial charge in [0, 0.05) is 18.6 Å². The number of alkyl halides is 3. The van der Waals surface area contributed by atoms with Crippen LogP contribution < -0.4 is 5.32 Å². The lowest BCUT2D eigenvalue weighted by Gasteiger charge is -2.09. The fourth-order valence-corrected chi connectivity index (χ4v) is 2.60. The summed E-state index contributed by atoms with van der Waals surface area (Å²) in [5.41, 5.74) is -0.994. The lowest BCUT2D eigenvalue weighted by Crippen LogP contribution is -2.16. The molecule has 0 aliphatic heterocycles. The van der Waals surface area contributed by atoms with E-state index in [1.807, 2.05) is 0 Å². The van der Waals surface area contributed by atoms with Crippen molar-refractivity contribution in [2.24, 2.45) is 0 Å². The largest absolute Gasteiger partial charge is 0.417 e. The molecule has 25 heavy (non-hydrogen) atoms. The molecule has 130 valence electrons. The van der Waals surface area contributed by atoms with E-state index in [1.54, 1.807) is 18.5 Å². The van der Waals surface area contributed by atoms with Crippen LogP contribution in [0.1, 0.15) is 5.56 Å². The Hall–Kier alpha value is -2.40. The summed E-state index contributed by atoms with van der Waals surface area (Å²) in [5, 5.41) is 6.48. The molecule has 3 aromatic heterocycles. The zero-order valence-corrected chi connectivity index (χ0v) is 13.7. The van der Waals surface area contributed by atoms with E-state index in [4.69, 9.17) is 11.6 Å². The van der Waals surface area contributed by atoms with Gasteiger partial charge in [0.15, 0.2) is 5.82 Å². The molecule has 0 bridgehead atoms. The van der Waals surface area contributed by atoms with E-state index < -0.39 is 17.6 Å². The van der Waals surface area contributed by atoms with Crippen molar-refractivity contribution >= 4 is 40.9 Å². The molecule has 0 unspecified atom stereocenters. The standard InChI is InChI=1S/C13H8ClF3N6OS/c14-8-4-7(13(15,16)17)5-19-10(8)20-9(24)6-25-12-21-11-18-2-1-3-23(11)22-12/h1-5H,6H2,(H,19,20,24). The number of rotatable bonds is 4. The van der Waals surface area contributed by atoms with Crippen molar-refractivity contribution in [1.29, 1.82) is 0 Å². The first-order valence-corrected chi connectivity index (χ1v) is 8.02. The Labute approximate surface area is 147 Å². The number of hydrogen-bond acceptors (Lipinski definition) is 6. The fraction of sp³-hybridized carbons (Fsp3) is 0.154. The second-order valence-corrected chi connectivity index (χ2v) is 6.00. The van der Waals surface area contributed by atoms with Crippen LogP contribution in [0.5, 0.6) is 0 Å². The molecule has 3 heterocycles. The summed E-state index contributed by atoms with van der Waals surface area (Å²) < 4.78 is 39.1. The van der Waals surface area contributed by atoms with E-state index in [-0.39, 0.29) is 16.6 Å². The highest BCUT2D eigenvalue weighted by atomic mass is 35.5. The van der Waals surface area contributed by atoms with Crippen LogP contribution in [-0.4, -0.2) is 36.2 Å². The Bertz CT molecular complexity index is 899. The first-order valence-electron chi connectivity index (χ1n) is 6.66. The van der Waals surface area contributed by atoms with Crippen molar-refractivity contribution in [2.45, 2.75) is 11.3 Å². The van der Waals surface area contributed by atoms with E-state index in [0.29, 0.717) is 23.2 Å². The summed E-state index contributed by atoms with van der Waals surface area (Å²) in [6, 6.07) is 2.38. The number of carbonyl (C=O) groups is 1. The molecule has 0 spiro atoms. The first-order chi connectivity index (χ1) is 11.8. The molecule has 0 radical (unpaired) electrons. The Morgan fingerprint density at radius 2 is 2.16 bits per heavy atom. The Morgan fingerprint density at radius 3 is 2.84 bits per heavy atom. The van der Waals surface area contributed by atoms with Gasteiger partial charge in [-0.15, -0.1) is 5.10 Å². The number of amides is 1. The van der Waals surface area contributed by atoms with Crippen LogP contribution in [0.4, 0.5) is 19.0 Å². The number of pyridine rings is 1. The minimum atomic E-state index is -4.56. The molecule has 0 saturated carbocycles. The molecule has 12 heteroatoms. The Balaban J connectivity index is 1.62. The van der Waals surface area contributed by atoms with E-state index in [1.165, 1.54) is 4.52 Å². The molecule has 7 nitrogen and oxygen atoms in total. The number of halogens is 4. The zero-order valence-electron chi connectivity index (χ0n) is 12.2. The fourth-order valence-electron chi connectivity index (χ4n) is 1.76. The van der Waals surface area contributed by atoms with Crippen LogP contribution in [0.3, 0.4) is 0 Å². The maximum absolute atomic E-state index is 12.5. The number of aromatic nitrogens is 5. The first kappa shape index (κ1) is 17.4. The smallest absolute Gasteiger partial charge is 0.309 e. The zero-order chi connectivity index (χ0) is 18.0. The summed E-state index contributed by atoms with van der Waals surface area (Å²) in [7, 11) is 0. The SMILES string of the molecule is O=C(CSc1nc2ncccn2n1)Nc1ncc(C(F)(F)F)cc1Cl. The molecule has 0 fully saturated rings. The third kappa shape index (κ3) is 4.17. The summed E-state index contributed by atoms with van der Waals surface area (Å²) in [4.78, 5) is 23.5. The Morgan fingerprint density at radius 1 is 1.36 bits per heavy atom. The van der Waals surface area contributed by atoms with Crippen LogP contribution >= 0.6 is 23.4 Å².